The molecule has 0 aromatic heterocycles. The van der Waals surface area contributed by atoms with E-state index in [2.05, 4.69) is 6.92 Å². The number of ketones is 1. The van der Waals surface area contributed by atoms with Gasteiger partial charge in [0.05, 0.1) is 0 Å². The van der Waals surface area contributed by atoms with E-state index in [1.165, 1.54) is 18.7 Å². The average molecular weight is 423 g/mol. The molecule has 7 atom stereocenters. The van der Waals surface area contributed by atoms with Crippen LogP contribution in [-0.4, -0.2) is 27.7 Å². The third-order valence-electron chi connectivity index (χ3n) is 8.63. The van der Waals surface area contributed by atoms with Gasteiger partial charge in [0.15, 0.2) is 10.9 Å². The minimum atomic E-state index is -2.97. The number of carbonyl (C=O) groups is 3. The molecular formula is C24H32O4S. The molecule has 4 fully saturated rings. The molecule has 158 valence electrons. The fraction of sp³-hybridized carbons (Fsp3) is 0.792. The van der Waals surface area contributed by atoms with Crippen LogP contribution >= 0.6 is 11.8 Å². The first kappa shape index (κ1) is 14.1. The van der Waals surface area contributed by atoms with Gasteiger partial charge in [0, 0.05) is 38.6 Å². The van der Waals surface area contributed by atoms with Crippen molar-refractivity contribution in [3.05, 3.63) is 11.6 Å². The Kier molecular flexibility index (Phi) is 3.13. The maximum atomic E-state index is 12.6. The number of ether oxygens (including phenoxy) is 1. The van der Waals surface area contributed by atoms with E-state index in [1.807, 2.05) is 0 Å². The van der Waals surface area contributed by atoms with Gasteiger partial charge in [-0.15, -0.1) is 0 Å². The summed E-state index contributed by atoms with van der Waals surface area (Å²) in [7, 11) is 0. The zero-order chi connectivity index (χ0) is 26.0. The molecule has 1 spiro atoms. The first-order chi connectivity index (χ1) is 16.0. The predicted octanol–water partition coefficient (Wildman–Crippen LogP) is 4.85. The summed E-state index contributed by atoms with van der Waals surface area (Å²) in [5.74, 6) is -1.77. The first-order valence-corrected chi connectivity index (χ1v) is 11.5. The lowest BCUT2D eigenvalue weighted by Gasteiger charge is -2.61. The van der Waals surface area contributed by atoms with Crippen molar-refractivity contribution in [2.45, 2.75) is 89.3 Å². The van der Waals surface area contributed by atoms with E-state index in [0.29, 0.717) is 32.1 Å². The lowest BCUT2D eigenvalue weighted by atomic mass is 9.46. The molecule has 0 radical (unpaired) electrons. The molecule has 1 heterocycles. The molecule has 0 aromatic rings. The largest absolute Gasteiger partial charge is 0.458 e. The molecule has 1 aliphatic heterocycles. The lowest BCUT2D eigenvalue weighted by molar-refractivity contribution is -0.167. The summed E-state index contributed by atoms with van der Waals surface area (Å²) in [5.41, 5.74) is -2.64. The summed E-state index contributed by atoms with van der Waals surface area (Å²) in [6, 6.07) is 0. The Morgan fingerprint density at radius 3 is 2.69 bits per heavy atom. The molecule has 5 aliphatic rings. The maximum absolute atomic E-state index is 12.6. The van der Waals surface area contributed by atoms with Crippen LogP contribution in [-0.2, 0) is 19.1 Å². The third kappa shape index (κ3) is 2.68. The molecule has 4 aliphatic carbocycles. The van der Waals surface area contributed by atoms with E-state index in [9.17, 15) is 14.4 Å². The molecule has 3 unspecified atom stereocenters. The van der Waals surface area contributed by atoms with E-state index in [-0.39, 0.29) is 39.8 Å². The van der Waals surface area contributed by atoms with E-state index in [1.54, 1.807) is 13.0 Å². The second-order valence-electron chi connectivity index (χ2n) is 9.85. The molecule has 29 heavy (non-hydrogen) atoms. The fourth-order valence-corrected chi connectivity index (χ4v) is 8.33. The number of allylic oxidation sites excluding steroid dienone is 1. The van der Waals surface area contributed by atoms with Crippen LogP contribution in [0.2, 0.25) is 0 Å². The fourth-order valence-electron chi connectivity index (χ4n) is 7.10. The molecular weight excluding hydrogens is 384 g/mol. The van der Waals surface area contributed by atoms with Crippen molar-refractivity contribution in [1.82, 2.24) is 0 Å². The van der Waals surface area contributed by atoms with E-state index in [0.717, 1.165) is 5.57 Å². The monoisotopic (exact) mass is 422 g/mol. The molecule has 3 saturated carbocycles. The number of hydrogen-bond donors (Lipinski definition) is 0. The van der Waals surface area contributed by atoms with Gasteiger partial charge in [-0.05, 0) is 74.1 Å². The van der Waals surface area contributed by atoms with Gasteiger partial charge < -0.3 is 4.74 Å². The van der Waals surface area contributed by atoms with E-state index < -0.39 is 42.0 Å². The Morgan fingerprint density at radius 2 is 2.00 bits per heavy atom. The molecule has 0 N–H and O–H groups in total. The van der Waals surface area contributed by atoms with Gasteiger partial charge in [0.25, 0.3) is 0 Å². The third-order valence-corrected chi connectivity index (χ3v) is 9.75. The van der Waals surface area contributed by atoms with Crippen LogP contribution in [0.1, 0.15) is 86.6 Å². The minimum Gasteiger partial charge on any atom is -0.458 e. The SMILES string of the molecule is [2H]C1([2H])C(=O)O[C@]2(C([2H])([2H])CC3C4C(CC[C@@]32C)[C@@]2(C)CCC(=O)C=C2C[C@H]4SC(C)=O)C1([2H])[2H]. The van der Waals surface area contributed by atoms with Gasteiger partial charge in [-0.3, -0.25) is 14.4 Å². The Labute approximate surface area is 186 Å². The van der Waals surface area contributed by atoms with E-state index >= 15 is 0 Å². The van der Waals surface area contributed by atoms with Crippen LogP contribution in [0.3, 0.4) is 0 Å². The Bertz CT molecular complexity index is 1060. The van der Waals surface area contributed by atoms with Gasteiger partial charge in [0.1, 0.15) is 5.60 Å². The van der Waals surface area contributed by atoms with Crippen LogP contribution in [0.15, 0.2) is 11.6 Å². The summed E-state index contributed by atoms with van der Waals surface area (Å²) in [4.78, 5) is 37.2. The zero-order valence-corrected chi connectivity index (χ0v) is 18.0. The van der Waals surface area contributed by atoms with Gasteiger partial charge in [-0.2, -0.15) is 0 Å². The summed E-state index contributed by atoms with van der Waals surface area (Å²) in [6.07, 6.45) is -3.84. The molecule has 0 aromatic carbocycles. The summed E-state index contributed by atoms with van der Waals surface area (Å²) in [6.45, 7) is 5.42. The summed E-state index contributed by atoms with van der Waals surface area (Å²) < 4.78 is 57.5. The van der Waals surface area contributed by atoms with Crippen LogP contribution in [0.4, 0.5) is 0 Å². The highest BCUT2D eigenvalue weighted by Crippen LogP contribution is 2.70. The highest BCUT2D eigenvalue weighted by molar-refractivity contribution is 8.14. The minimum absolute atomic E-state index is 0.0659. The van der Waals surface area contributed by atoms with Crippen LogP contribution in [0.5, 0.6) is 0 Å². The molecule has 4 nitrogen and oxygen atoms in total. The van der Waals surface area contributed by atoms with Crippen LogP contribution in [0.25, 0.3) is 0 Å². The predicted molar refractivity (Wildman–Crippen MR) is 112 cm³/mol. The first-order valence-electron chi connectivity index (χ1n) is 13.6. The number of thioether (sulfide) groups is 1. The lowest BCUT2D eigenvalue weighted by Crippen LogP contribution is -2.57. The Hall–Kier alpha value is -1.10. The van der Waals surface area contributed by atoms with Crippen molar-refractivity contribution in [3.63, 3.8) is 0 Å². The van der Waals surface area contributed by atoms with Gasteiger partial charge in [0.2, 0.25) is 0 Å². The highest BCUT2D eigenvalue weighted by Gasteiger charge is 2.68. The smallest absolute Gasteiger partial charge is 0.306 e. The molecule has 0 bridgehead atoms. The maximum Gasteiger partial charge on any atom is 0.306 e. The van der Waals surface area contributed by atoms with Crippen molar-refractivity contribution in [2.24, 2.45) is 28.6 Å². The van der Waals surface area contributed by atoms with Crippen molar-refractivity contribution in [3.8, 4) is 0 Å². The van der Waals surface area contributed by atoms with Crippen molar-refractivity contribution < 1.29 is 27.3 Å². The standard InChI is InChI=1S/C24H32O4S/c1-14(25)29-19-13-15-12-16(26)4-8-22(15,2)17-5-9-23(3)18(21(17)19)6-10-24(23)11-7-20(27)28-24/h12,17-19,21H,4-11,13H2,1-3H3/t17?,18?,19-,21?,22+,23+,24-/m1/s1/i7D2,10D2,11D2. The van der Waals surface area contributed by atoms with Crippen molar-refractivity contribution >= 4 is 28.6 Å². The number of rotatable bonds is 1. The number of fused-ring (bicyclic) bond motifs is 6. The van der Waals surface area contributed by atoms with Crippen LogP contribution in [0, 0.1) is 28.6 Å². The second-order valence-corrected chi connectivity index (χ2v) is 11.3. The quantitative estimate of drug-likeness (QED) is 0.565. The molecule has 5 rings (SSSR count). The Morgan fingerprint density at radius 1 is 1.21 bits per heavy atom. The zero-order valence-electron chi connectivity index (χ0n) is 23.2. The normalized spacial score (nSPS) is 56.9. The molecule has 5 heteroatoms. The van der Waals surface area contributed by atoms with Gasteiger partial charge in [-0.1, -0.05) is 31.2 Å². The second kappa shape index (κ2) is 6.45. The van der Waals surface area contributed by atoms with Crippen LogP contribution < -0.4 is 0 Å². The summed E-state index contributed by atoms with van der Waals surface area (Å²) >= 11 is 1.21. The highest BCUT2D eigenvalue weighted by atomic mass is 32.2. The van der Waals surface area contributed by atoms with Gasteiger partial charge in [-0.25, -0.2) is 0 Å². The number of hydrogen-bond acceptors (Lipinski definition) is 5. The topological polar surface area (TPSA) is 60.4 Å². The Balaban J connectivity index is 1.67. The van der Waals surface area contributed by atoms with Gasteiger partial charge >= 0.3 is 5.97 Å². The van der Waals surface area contributed by atoms with E-state index in [4.69, 9.17) is 13.0 Å². The summed E-state index contributed by atoms with van der Waals surface area (Å²) in [5, 5.41) is -0.278. The number of esters is 1. The number of carbonyl (C=O) groups excluding carboxylic acids is 3. The van der Waals surface area contributed by atoms with Crippen molar-refractivity contribution in [1.29, 1.82) is 0 Å². The molecule has 1 saturated heterocycles. The molecule has 0 amide bonds. The average Bonchev–Trinajstić information content (AvgIpc) is 3.01. The van der Waals surface area contributed by atoms with Crippen molar-refractivity contribution in [2.75, 3.05) is 0 Å².